The summed E-state index contributed by atoms with van der Waals surface area (Å²) in [7, 11) is 0. The van der Waals surface area contributed by atoms with Crippen LogP contribution in [0.1, 0.15) is 25.7 Å². The van der Waals surface area contributed by atoms with Gasteiger partial charge in [-0.1, -0.05) is 48.2 Å². The monoisotopic (exact) mass is 396 g/mol. The molecule has 0 spiro atoms. The van der Waals surface area contributed by atoms with Gasteiger partial charge in [0.25, 0.3) is 5.22 Å². The van der Waals surface area contributed by atoms with E-state index in [4.69, 9.17) is 4.42 Å². The van der Waals surface area contributed by atoms with Crippen molar-refractivity contribution in [2.75, 3.05) is 11.9 Å². The van der Waals surface area contributed by atoms with Crippen LogP contribution < -0.4 is 5.32 Å². The molecule has 2 amide bonds. The molecule has 1 unspecified atom stereocenters. The van der Waals surface area contributed by atoms with E-state index in [1.807, 2.05) is 42.5 Å². The number of amides is 2. The van der Waals surface area contributed by atoms with E-state index in [-0.39, 0.29) is 11.8 Å². The molecule has 3 aromatic rings. The Kier molecular flexibility index (Phi) is 5.29. The molecule has 0 bridgehead atoms. The first kappa shape index (κ1) is 18.5. The highest BCUT2D eigenvalue weighted by atomic mass is 32.2. The smallest absolute Gasteiger partial charge is 0.277 e. The van der Waals surface area contributed by atoms with E-state index in [1.165, 1.54) is 11.8 Å². The summed E-state index contributed by atoms with van der Waals surface area (Å²) in [6.45, 7) is 2.83. The molecule has 4 rings (SSSR count). The molecule has 2 heterocycles. The fourth-order valence-corrected chi connectivity index (χ4v) is 3.86. The van der Waals surface area contributed by atoms with Gasteiger partial charge in [-0.05, 0) is 24.8 Å². The third-order valence-electron chi connectivity index (χ3n) is 4.64. The standard InChI is InChI=1S/C20H20N4O3S/c1-13(19(26)21-16-9-4-7-14-6-2-3-8-15(14)16)28-20-23-22-17(27-20)12-24-11-5-10-18(24)25/h2-4,6-9,13H,5,10-12H2,1H3,(H,21,26). The lowest BCUT2D eigenvalue weighted by Gasteiger charge is -2.12. The quantitative estimate of drug-likeness (QED) is 0.642. The van der Waals surface area contributed by atoms with Crippen LogP contribution in [0.2, 0.25) is 0 Å². The first-order chi connectivity index (χ1) is 13.6. The van der Waals surface area contributed by atoms with Crippen molar-refractivity contribution in [3.63, 3.8) is 0 Å². The van der Waals surface area contributed by atoms with Crippen molar-refractivity contribution in [2.45, 2.75) is 36.8 Å². The predicted octanol–water partition coefficient (Wildman–Crippen LogP) is 3.46. The van der Waals surface area contributed by atoms with E-state index in [9.17, 15) is 9.59 Å². The van der Waals surface area contributed by atoms with Crippen molar-refractivity contribution < 1.29 is 14.0 Å². The lowest BCUT2D eigenvalue weighted by atomic mass is 10.1. The van der Waals surface area contributed by atoms with E-state index in [1.54, 1.807) is 11.8 Å². The van der Waals surface area contributed by atoms with E-state index >= 15 is 0 Å². The molecule has 1 atom stereocenters. The number of carbonyl (C=O) groups is 2. The Labute approximate surface area is 166 Å². The van der Waals surface area contributed by atoms with Crippen molar-refractivity contribution >= 4 is 40.0 Å². The Morgan fingerprint density at radius 1 is 1.25 bits per heavy atom. The number of nitrogens with one attached hydrogen (secondary N) is 1. The average molecular weight is 396 g/mol. The van der Waals surface area contributed by atoms with Crippen LogP contribution in [0.25, 0.3) is 10.8 Å². The number of anilines is 1. The molecule has 0 saturated carbocycles. The lowest BCUT2D eigenvalue weighted by Crippen LogP contribution is -2.23. The molecular weight excluding hydrogens is 376 g/mol. The molecule has 7 nitrogen and oxygen atoms in total. The molecule has 1 aliphatic rings. The van der Waals surface area contributed by atoms with Gasteiger partial charge in [-0.15, -0.1) is 10.2 Å². The highest BCUT2D eigenvalue weighted by Gasteiger charge is 2.23. The number of nitrogens with zero attached hydrogens (tertiary/aromatic N) is 3. The fourth-order valence-electron chi connectivity index (χ4n) is 3.16. The number of hydrogen-bond donors (Lipinski definition) is 1. The fraction of sp³-hybridized carbons (Fsp3) is 0.300. The highest BCUT2D eigenvalue weighted by molar-refractivity contribution is 8.00. The molecule has 1 N–H and O–H groups in total. The van der Waals surface area contributed by atoms with Gasteiger partial charge in [-0.3, -0.25) is 9.59 Å². The number of hydrogen-bond acceptors (Lipinski definition) is 6. The Morgan fingerprint density at radius 3 is 2.89 bits per heavy atom. The number of likely N-dealkylation sites (tertiary alicyclic amines) is 1. The SMILES string of the molecule is CC(Sc1nnc(CN2CCCC2=O)o1)C(=O)Nc1cccc2ccccc12. The van der Waals surface area contributed by atoms with E-state index < -0.39 is 5.25 Å². The van der Waals surface area contributed by atoms with Gasteiger partial charge in [0.2, 0.25) is 17.7 Å². The average Bonchev–Trinajstić information content (AvgIpc) is 3.31. The second-order valence-corrected chi connectivity index (χ2v) is 7.95. The number of thioether (sulfide) groups is 1. The second kappa shape index (κ2) is 8.02. The van der Waals surface area contributed by atoms with Crippen molar-refractivity contribution in [1.82, 2.24) is 15.1 Å². The molecule has 1 fully saturated rings. The predicted molar refractivity (Wildman–Crippen MR) is 107 cm³/mol. The minimum Gasteiger partial charge on any atom is -0.414 e. The summed E-state index contributed by atoms with van der Waals surface area (Å²) in [6, 6.07) is 13.7. The molecule has 8 heteroatoms. The maximum atomic E-state index is 12.6. The molecule has 0 radical (unpaired) electrons. The molecule has 1 aliphatic heterocycles. The Balaban J connectivity index is 1.39. The van der Waals surface area contributed by atoms with Gasteiger partial charge in [0.1, 0.15) is 0 Å². The van der Waals surface area contributed by atoms with Gasteiger partial charge < -0.3 is 14.6 Å². The zero-order valence-electron chi connectivity index (χ0n) is 15.4. The molecular formula is C20H20N4O3S. The van der Waals surface area contributed by atoms with Crippen LogP contribution in [0.5, 0.6) is 0 Å². The molecule has 144 valence electrons. The largest absolute Gasteiger partial charge is 0.414 e. The van der Waals surface area contributed by atoms with E-state index in [0.29, 0.717) is 30.6 Å². The van der Waals surface area contributed by atoms with Gasteiger partial charge in [-0.2, -0.15) is 0 Å². The van der Waals surface area contributed by atoms with Gasteiger partial charge in [0.05, 0.1) is 11.8 Å². The summed E-state index contributed by atoms with van der Waals surface area (Å²) in [5, 5.41) is 12.9. The Morgan fingerprint density at radius 2 is 2.07 bits per heavy atom. The van der Waals surface area contributed by atoms with Crippen LogP contribution in [0.3, 0.4) is 0 Å². The molecule has 1 saturated heterocycles. The number of benzene rings is 2. The minimum atomic E-state index is -0.416. The lowest BCUT2D eigenvalue weighted by molar-refractivity contribution is -0.128. The summed E-state index contributed by atoms with van der Waals surface area (Å²) in [5.74, 6) is 0.352. The summed E-state index contributed by atoms with van der Waals surface area (Å²) in [6.07, 6.45) is 1.43. The molecule has 2 aromatic carbocycles. The van der Waals surface area contributed by atoms with Crippen molar-refractivity contribution in [1.29, 1.82) is 0 Å². The molecule has 1 aromatic heterocycles. The maximum absolute atomic E-state index is 12.6. The topological polar surface area (TPSA) is 88.3 Å². The maximum Gasteiger partial charge on any atom is 0.277 e. The first-order valence-corrected chi connectivity index (χ1v) is 10.0. The molecule has 0 aliphatic carbocycles. The summed E-state index contributed by atoms with van der Waals surface area (Å²) in [4.78, 5) is 26.0. The van der Waals surface area contributed by atoms with Crippen LogP contribution in [-0.2, 0) is 16.1 Å². The highest BCUT2D eigenvalue weighted by Crippen LogP contribution is 2.26. The van der Waals surface area contributed by atoms with Gasteiger partial charge in [0, 0.05) is 24.0 Å². The van der Waals surface area contributed by atoms with Crippen LogP contribution in [0.4, 0.5) is 5.69 Å². The third kappa shape index (κ3) is 4.01. The van der Waals surface area contributed by atoms with E-state index in [0.717, 1.165) is 22.9 Å². The minimum absolute atomic E-state index is 0.107. The summed E-state index contributed by atoms with van der Waals surface area (Å²) >= 11 is 1.20. The zero-order chi connectivity index (χ0) is 19.5. The van der Waals surface area contributed by atoms with Crippen molar-refractivity contribution in [2.24, 2.45) is 0 Å². The van der Waals surface area contributed by atoms with Gasteiger partial charge >= 0.3 is 0 Å². The summed E-state index contributed by atoms with van der Waals surface area (Å²) in [5.41, 5.74) is 0.773. The Bertz CT molecular complexity index is 1010. The van der Waals surface area contributed by atoms with Crippen LogP contribution in [0.15, 0.2) is 52.1 Å². The van der Waals surface area contributed by atoms with Crippen LogP contribution >= 0.6 is 11.8 Å². The third-order valence-corrected chi connectivity index (χ3v) is 5.57. The van der Waals surface area contributed by atoms with Crippen molar-refractivity contribution in [3.05, 3.63) is 48.4 Å². The van der Waals surface area contributed by atoms with Crippen molar-refractivity contribution in [3.8, 4) is 0 Å². The second-order valence-electron chi connectivity index (χ2n) is 6.66. The number of fused-ring (bicyclic) bond motifs is 1. The Hall–Kier alpha value is -2.87. The van der Waals surface area contributed by atoms with E-state index in [2.05, 4.69) is 15.5 Å². The van der Waals surface area contributed by atoms with Gasteiger partial charge in [0.15, 0.2) is 0 Å². The van der Waals surface area contributed by atoms with Gasteiger partial charge in [-0.25, -0.2) is 0 Å². The molecule has 28 heavy (non-hydrogen) atoms. The van der Waals surface area contributed by atoms with Crippen LogP contribution in [-0.4, -0.2) is 38.7 Å². The summed E-state index contributed by atoms with van der Waals surface area (Å²) < 4.78 is 5.60. The zero-order valence-corrected chi connectivity index (χ0v) is 16.2. The number of rotatable bonds is 6. The number of carbonyl (C=O) groups excluding carboxylic acids is 2. The van der Waals surface area contributed by atoms with Crippen LogP contribution in [0, 0.1) is 0 Å². The normalized spacial score (nSPS) is 15.2. The number of aromatic nitrogens is 2. The first-order valence-electron chi connectivity index (χ1n) is 9.15.